The van der Waals surface area contributed by atoms with Crippen LogP contribution < -0.4 is 5.32 Å². The van der Waals surface area contributed by atoms with Crippen molar-refractivity contribution in [1.29, 1.82) is 0 Å². The van der Waals surface area contributed by atoms with Gasteiger partial charge in [-0.15, -0.1) is 0 Å². The highest BCUT2D eigenvalue weighted by atomic mass is 19.4. The highest BCUT2D eigenvalue weighted by Crippen LogP contribution is 2.34. The molecule has 0 aliphatic rings. The monoisotopic (exact) mass is 440 g/mol. The minimum Gasteiger partial charge on any atom is -0.444 e. The minimum absolute atomic E-state index is 0.0429. The molecule has 0 saturated carbocycles. The van der Waals surface area contributed by atoms with E-state index in [1.165, 1.54) is 11.0 Å². The molecule has 0 spiro atoms. The predicted molar refractivity (Wildman–Crippen MR) is 109 cm³/mol. The molecule has 1 N–H and O–H groups in total. The summed E-state index contributed by atoms with van der Waals surface area (Å²) in [6.45, 7) is 8.95. The van der Waals surface area contributed by atoms with Crippen molar-refractivity contribution in [2.75, 3.05) is 19.6 Å². The Labute approximate surface area is 179 Å². The van der Waals surface area contributed by atoms with Crippen molar-refractivity contribution in [2.24, 2.45) is 0 Å². The summed E-state index contributed by atoms with van der Waals surface area (Å²) in [6.07, 6.45) is -4.46. The van der Waals surface area contributed by atoms with Crippen molar-refractivity contribution in [3.63, 3.8) is 0 Å². The summed E-state index contributed by atoms with van der Waals surface area (Å²) in [5.41, 5.74) is -1.61. The summed E-state index contributed by atoms with van der Waals surface area (Å²) < 4.78 is 47.3. The molecule has 2 amide bonds. The molecule has 0 atom stereocenters. The van der Waals surface area contributed by atoms with Crippen molar-refractivity contribution in [3.8, 4) is 5.69 Å². The van der Waals surface area contributed by atoms with Crippen LogP contribution in [0.15, 0.2) is 30.5 Å². The fourth-order valence-electron chi connectivity index (χ4n) is 2.88. The van der Waals surface area contributed by atoms with E-state index in [2.05, 4.69) is 10.4 Å². The second kappa shape index (κ2) is 9.40. The van der Waals surface area contributed by atoms with Crippen LogP contribution in [0.5, 0.6) is 0 Å². The molecule has 2 aromatic rings. The number of aryl methyl sites for hydroxylation is 1. The van der Waals surface area contributed by atoms with Crippen LogP contribution in [0.2, 0.25) is 0 Å². The third-order valence-corrected chi connectivity index (χ3v) is 4.33. The van der Waals surface area contributed by atoms with Crippen molar-refractivity contribution >= 4 is 12.0 Å². The van der Waals surface area contributed by atoms with Gasteiger partial charge >= 0.3 is 12.3 Å². The van der Waals surface area contributed by atoms with E-state index in [4.69, 9.17) is 4.74 Å². The van der Waals surface area contributed by atoms with E-state index >= 15 is 0 Å². The standard InChI is InChI=1S/C21H27F3N4O3/c1-6-27(19(30)31-20(3,4)5)12-11-25-18(29)15-13-26-28(17(15)21(22,23)24)16-10-8-7-9-14(16)2/h7-10,13H,6,11-12H2,1-5H3,(H,25,29). The van der Waals surface area contributed by atoms with Crippen molar-refractivity contribution in [3.05, 3.63) is 47.3 Å². The number of ether oxygens (including phenoxy) is 1. The van der Waals surface area contributed by atoms with Gasteiger partial charge in [0.25, 0.3) is 5.91 Å². The highest BCUT2D eigenvalue weighted by molar-refractivity contribution is 5.95. The first-order valence-corrected chi connectivity index (χ1v) is 9.82. The summed E-state index contributed by atoms with van der Waals surface area (Å²) in [4.78, 5) is 26.0. The largest absolute Gasteiger partial charge is 0.444 e. The molecule has 170 valence electrons. The number of likely N-dealkylation sites (N-methyl/N-ethyl adjacent to an activating group) is 1. The number of aromatic nitrogens is 2. The maximum Gasteiger partial charge on any atom is 0.434 e. The third-order valence-electron chi connectivity index (χ3n) is 4.33. The Morgan fingerprint density at radius 1 is 1.19 bits per heavy atom. The van der Waals surface area contributed by atoms with Gasteiger partial charge in [-0.05, 0) is 46.2 Å². The van der Waals surface area contributed by atoms with Crippen molar-refractivity contribution in [2.45, 2.75) is 46.4 Å². The van der Waals surface area contributed by atoms with Gasteiger partial charge in [-0.1, -0.05) is 18.2 Å². The molecule has 0 unspecified atom stereocenters. The zero-order valence-electron chi connectivity index (χ0n) is 18.2. The van der Waals surface area contributed by atoms with E-state index in [-0.39, 0.29) is 18.8 Å². The van der Waals surface area contributed by atoms with Gasteiger partial charge in [0.2, 0.25) is 0 Å². The van der Waals surface area contributed by atoms with Crippen LogP contribution in [0, 0.1) is 6.92 Å². The molecule has 1 aromatic carbocycles. The van der Waals surface area contributed by atoms with Crippen LogP contribution in [0.1, 0.15) is 49.3 Å². The first kappa shape index (κ1) is 24.2. The van der Waals surface area contributed by atoms with E-state index < -0.39 is 35.0 Å². The van der Waals surface area contributed by atoms with Gasteiger partial charge in [-0.3, -0.25) is 4.79 Å². The molecule has 0 bridgehead atoms. The average molecular weight is 440 g/mol. The molecule has 31 heavy (non-hydrogen) atoms. The number of rotatable bonds is 6. The topological polar surface area (TPSA) is 76.5 Å². The zero-order chi connectivity index (χ0) is 23.4. The first-order chi connectivity index (χ1) is 14.3. The molecular formula is C21H27F3N4O3. The van der Waals surface area contributed by atoms with E-state index in [0.717, 1.165) is 10.9 Å². The molecule has 0 aliphatic carbocycles. The number of nitrogens with zero attached hydrogens (tertiary/aromatic N) is 3. The molecule has 10 heteroatoms. The number of hydrogen-bond acceptors (Lipinski definition) is 4. The van der Waals surface area contributed by atoms with Gasteiger partial charge in [-0.25, -0.2) is 9.48 Å². The molecule has 0 saturated heterocycles. The Morgan fingerprint density at radius 3 is 2.39 bits per heavy atom. The van der Waals surface area contributed by atoms with Crippen LogP contribution in [0.3, 0.4) is 0 Å². The fraction of sp³-hybridized carbons (Fsp3) is 0.476. The average Bonchev–Trinajstić information content (AvgIpc) is 3.09. The van der Waals surface area contributed by atoms with E-state index in [1.807, 2.05) is 0 Å². The maximum absolute atomic E-state index is 13.8. The quantitative estimate of drug-likeness (QED) is 0.731. The second-order valence-electron chi connectivity index (χ2n) is 7.92. The van der Waals surface area contributed by atoms with E-state index in [0.29, 0.717) is 12.1 Å². The highest BCUT2D eigenvalue weighted by Gasteiger charge is 2.40. The lowest BCUT2D eigenvalue weighted by Gasteiger charge is -2.26. The van der Waals surface area contributed by atoms with Crippen LogP contribution in [-0.4, -0.2) is 51.9 Å². The fourth-order valence-corrected chi connectivity index (χ4v) is 2.88. The van der Waals surface area contributed by atoms with E-state index in [1.54, 1.807) is 52.8 Å². The first-order valence-electron chi connectivity index (χ1n) is 9.82. The number of carbonyl (C=O) groups is 2. The Kier molecular flexibility index (Phi) is 7.35. The second-order valence-corrected chi connectivity index (χ2v) is 7.92. The number of carbonyl (C=O) groups excluding carboxylic acids is 2. The minimum atomic E-state index is -4.79. The summed E-state index contributed by atoms with van der Waals surface area (Å²) in [7, 11) is 0. The van der Waals surface area contributed by atoms with Gasteiger partial charge in [0.15, 0.2) is 5.69 Å². The van der Waals surface area contributed by atoms with Crippen LogP contribution in [0.25, 0.3) is 5.69 Å². The SMILES string of the molecule is CCN(CCNC(=O)c1cnn(-c2ccccc2C)c1C(F)(F)F)C(=O)OC(C)(C)C. The van der Waals surface area contributed by atoms with E-state index in [9.17, 15) is 22.8 Å². The number of para-hydroxylation sites is 1. The zero-order valence-corrected chi connectivity index (χ0v) is 18.2. The smallest absolute Gasteiger partial charge is 0.434 e. The Morgan fingerprint density at radius 2 is 1.84 bits per heavy atom. The number of amides is 2. The van der Waals surface area contributed by atoms with Crippen molar-refractivity contribution in [1.82, 2.24) is 20.0 Å². The predicted octanol–water partition coefficient (Wildman–Crippen LogP) is 4.19. The van der Waals surface area contributed by atoms with Gasteiger partial charge in [0, 0.05) is 19.6 Å². The number of halogens is 3. The molecule has 0 aliphatic heterocycles. The molecule has 1 aromatic heterocycles. The number of alkyl halides is 3. The number of benzene rings is 1. The summed E-state index contributed by atoms with van der Waals surface area (Å²) in [5.74, 6) is -0.924. The molecule has 1 heterocycles. The normalized spacial score (nSPS) is 11.9. The van der Waals surface area contributed by atoms with Crippen LogP contribution >= 0.6 is 0 Å². The van der Waals surface area contributed by atoms with Crippen LogP contribution in [0.4, 0.5) is 18.0 Å². The molecule has 0 radical (unpaired) electrons. The lowest BCUT2D eigenvalue weighted by molar-refractivity contribution is -0.143. The molecule has 0 fully saturated rings. The van der Waals surface area contributed by atoms with Gasteiger partial charge in [-0.2, -0.15) is 18.3 Å². The summed E-state index contributed by atoms with van der Waals surface area (Å²) >= 11 is 0. The maximum atomic E-state index is 13.8. The number of hydrogen-bond donors (Lipinski definition) is 1. The Balaban J connectivity index is 2.17. The van der Waals surface area contributed by atoms with Crippen molar-refractivity contribution < 1.29 is 27.5 Å². The Bertz CT molecular complexity index is 933. The van der Waals surface area contributed by atoms with Gasteiger partial charge < -0.3 is 15.0 Å². The lowest BCUT2D eigenvalue weighted by atomic mass is 10.1. The third kappa shape index (κ3) is 6.22. The molecular weight excluding hydrogens is 413 g/mol. The van der Waals surface area contributed by atoms with Gasteiger partial charge in [0.05, 0.1) is 17.4 Å². The Hall–Kier alpha value is -3.04. The lowest BCUT2D eigenvalue weighted by Crippen LogP contribution is -2.41. The summed E-state index contributed by atoms with van der Waals surface area (Å²) in [6, 6.07) is 6.46. The molecule has 7 nitrogen and oxygen atoms in total. The van der Waals surface area contributed by atoms with Crippen LogP contribution in [-0.2, 0) is 10.9 Å². The summed E-state index contributed by atoms with van der Waals surface area (Å²) in [5, 5.41) is 6.25. The molecule has 2 rings (SSSR count). The van der Waals surface area contributed by atoms with Gasteiger partial charge in [0.1, 0.15) is 5.60 Å². The number of nitrogens with one attached hydrogen (secondary N) is 1.